The lowest BCUT2D eigenvalue weighted by Gasteiger charge is -2.15. The van der Waals surface area contributed by atoms with Crippen molar-refractivity contribution in [2.75, 3.05) is 6.61 Å². The predicted octanol–water partition coefficient (Wildman–Crippen LogP) is 5.50. The van der Waals surface area contributed by atoms with Gasteiger partial charge in [-0.25, -0.2) is 4.98 Å². The Kier molecular flexibility index (Phi) is 5.42. The average molecular weight is 336 g/mol. The highest BCUT2D eigenvalue weighted by atomic mass is 16.5. The second-order valence-corrected chi connectivity index (χ2v) is 6.92. The first-order valence-electron chi connectivity index (χ1n) is 9.27. The van der Waals surface area contributed by atoms with Crippen LogP contribution >= 0.6 is 0 Å². The molecular formula is C22H28N2O. The average Bonchev–Trinajstić information content (AvgIpc) is 2.96. The SMILES string of the molecule is CCc1nc2ccccc2n1CCCOc1cc(C)ccc1C(C)C. The summed E-state index contributed by atoms with van der Waals surface area (Å²) < 4.78 is 8.46. The molecule has 3 nitrogen and oxygen atoms in total. The molecule has 0 radical (unpaired) electrons. The standard InChI is InChI=1S/C22H28N2O/c1-5-22-23-19-9-6-7-10-20(19)24(22)13-8-14-25-21-15-17(4)11-12-18(21)16(2)3/h6-7,9-12,15-16H,5,8,13-14H2,1-4H3. The molecule has 3 heteroatoms. The fourth-order valence-electron chi connectivity index (χ4n) is 3.29. The van der Waals surface area contributed by atoms with Crippen LogP contribution in [0.2, 0.25) is 0 Å². The first-order chi connectivity index (χ1) is 12.1. The zero-order valence-electron chi connectivity index (χ0n) is 15.7. The molecule has 0 N–H and O–H groups in total. The molecule has 3 aromatic rings. The normalized spacial score (nSPS) is 11.4. The van der Waals surface area contributed by atoms with Crippen LogP contribution in [0.5, 0.6) is 5.75 Å². The van der Waals surface area contributed by atoms with Crippen LogP contribution in [0, 0.1) is 6.92 Å². The zero-order chi connectivity index (χ0) is 17.8. The maximum Gasteiger partial charge on any atom is 0.123 e. The molecule has 0 unspecified atom stereocenters. The number of nitrogens with zero attached hydrogens (tertiary/aromatic N) is 2. The minimum absolute atomic E-state index is 0.472. The third kappa shape index (κ3) is 3.87. The Bertz CT molecular complexity index is 848. The summed E-state index contributed by atoms with van der Waals surface area (Å²) in [5.74, 6) is 2.65. The van der Waals surface area contributed by atoms with Crippen LogP contribution in [0.4, 0.5) is 0 Å². The van der Waals surface area contributed by atoms with E-state index in [4.69, 9.17) is 9.72 Å². The maximum absolute atomic E-state index is 6.13. The van der Waals surface area contributed by atoms with Gasteiger partial charge in [-0.15, -0.1) is 0 Å². The van der Waals surface area contributed by atoms with E-state index in [-0.39, 0.29) is 0 Å². The van der Waals surface area contributed by atoms with Gasteiger partial charge in [0, 0.05) is 13.0 Å². The molecule has 3 rings (SSSR count). The largest absolute Gasteiger partial charge is 0.493 e. The van der Waals surface area contributed by atoms with E-state index in [0.717, 1.165) is 43.1 Å². The lowest BCUT2D eigenvalue weighted by molar-refractivity contribution is 0.298. The van der Waals surface area contributed by atoms with E-state index in [9.17, 15) is 0 Å². The zero-order valence-corrected chi connectivity index (χ0v) is 15.7. The number of imidazole rings is 1. The van der Waals surface area contributed by atoms with Crippen molar-refractivity contribution in [3.63, 3.8) is 0 Å². The number of rotatable bonds is 7. The van der Waals surface area contributed by atoms with Crippen molar-refractivity contribution in [2.45, 2.75) is 53.0 Å². The van der Waals surface area contributed by atoms with Gasteiger partial charge >= 0.3 is 0 Å². The summed E-state index contributed by atoms with van der Waals surface area (Å²) in [6.07, 6.45) is 1.92. The second-order valence-electron chi connectivity index (χ2n) is 6.92. The van der Waals surface area contributed by atoms with Gasteiger partial charge in [-0.1, -0.05) is 45.0 Å². The number of aryl methyl sites for hydroxylation is 3. The van der Waals surface area contributed by atoms with Crippen LogP contribution in [-0.4, -0.2) is 16.2 Å². The Balaban J connectivity index is 1.68. The summed E-state index contributed by atoms with van der Waals surface area (Å²) in [5, 5.41) is 0. The van der Waals surface area contributed by atoms with E-state index in [1.165, 1.54) is 16.6 Å². The molecule has 25 heavy (non-hydrogen) atoms. The van der Waals surface area contributed by atoms with Gasteiger partial charge in [-0.05, 0) is 48.6 Å². The van der Waals surface area contributed by atoms with Gasteiger partial charge in [0.1, 0.15) is 11.6 Å². The van der Waals surface area contributed by atoms with Gasteiger partial charge < -0.3 is 9.30 Å². The van der Waals surface area contributed by atoms with E-state index in [1.54, 1.807) is 0 Å². The molecule has 2 aromatic carbocycles. The molecule has 1 aromatic heterocycles. The number of ether oxygens (including phenoxy) is 1. The van der Waals surface area contributed by atoms with Gasteiger partial charge in [-0.2, -0.15) is 0 Å². The summed E-state index contributed by atoms with van der Waals surface area (Å²) in [7, 11) is 0. The molecule has 0 saturated carbocycles. The quantitative estimate of drug-likeness (QED) is 0.533. The maximum atomic E-state index is 6.13. The lowest BCUT2D eigenvalue weighted by Crippen LogP contribution is -2.08. The van der Waals surface area contributed by atoms with E-state index >= 15 is 0 Å². The van der Waals surface area contributed by atoms with Crippen molar-refractivity contribution in [3.05, 3.63) is 59.4 Å². The summed E-state index contributed by atoms with van der Waals surface area (Å²) in [6.45, 7) is 10.4. The van der Waals surface area contributed by atoms with Gasteiger partial charge in [0.25, 0.3) is 0 Å². The van der Waals surface area contributed by atoms with Crippen LogP contribution in [0.25, 0.3) is 11.0 Å². The van der Waals surface area contributed by atoms with E-state index < -0.39 is 0 Å². The lowest BCUT2D eigenvalue weighted by atomic mass is 10.0. The first kappa shape index (κ1) is 17.5. The molecule has 0 fully saturated rings. The predicted molar refractivity (Wildman–Crippen MR) is 104 cm³/mol. The van der Waals surface area contributed by atoms with Crippen molar-refractivity contribution >= 4 is 11.0 Å². The Hall–Kier alpha value is -2.29. The number of aromatic nitrogens is 2. The van der Waals surface area contributed by atoms with Gasteiger partial charge in [0.05, 0.1) is 17.6 Å². The van der Waals surface area contributed by atoms with Gasteiger partial charge in [-0.3, -0.25) is 0 Å². The minimum atomic E-state index is 0.472. The fraction of sp³-hybridized carbons (Fsp3) is 0.409. The number of fused-ring (bicyclic) bond motifs is 1. The Morgan fingerprint density at radius 2 is 1.92 bits per heavy atom. The molecule has 0 bridgehead atoms. The molecule has 0 amide bonds. The summed E-state index contributed by atoms with van der Waals surface area (Å²) in [4.78, 5) is 4.74. The van der Waals surface area contributed by atoms with Crippen LogP contribution < -0.4 is 4.74 Å². The highest BCUT2D eigenvalue weighted by Crippen LogP contribution is 2.27. The molecule has 0 atom stereocenters. The van der Waals surface area contributed by atoms with Crippen LogP contribution in [0.15, 0.2) is 42.5 Å². The molecule has 0 aliphatic carbocycles. The Morgan fingerprint density at radius 1 is 1.12 bits per heavy atom. The molecule has 0 spiro atoms. The highest BCUT2D eigenvalue weighted by Gasteiger charge is 2.10. The van der Waals surface area contributed by atoms with E-state index in [1.807, 2.05) is 6.07 Å². The van der Waals surface area contributed by atoms with Gasteiger partial charge in [0.15, 0.2) is 0 Å². The van der Waals surface area contributed by atoms with Crippen molar-refractivity contribution in [2.24, 2.45) is 0 Å². The van der Waals surface area contributed by atoms with Gasteiger partial charge in [0.2, 0.25) is 0 Å². The summed E-state index contributed by atoms with van der Waals surface area (Å²) in [5.41, 5.74) is 4.83. The molecule has 132 valence electrons. The van der Waals surface area contributed by atoms with E-state index in [2.05, 4.69) is 68.7 Å². The van der Waals surface area contributed by atoms with Crippen molar-refractivity contribution in [1.82, 2.24) is 9.55 Å². The topological polar surface area (TPSA) is 27.1 Å². The monoisotopic (exact) mass is 336 g/mol. The Morgan fingerprint density at radius 3 is 2.68 bits per heavy atom. The molecule has 1 heterocycles. The van der Waals surface area contributed by atoms with Crippen molar-refractivity contribution in [3.8, 4) is 5.75 Å². The van der Waals surface area contributed by atoms with Crippen LogP contribution in [0.1, 0.15) is 50.1 Å². The second kappa shape index (κ2) is 7.73. The molecule has 0 aliphatic rings. The Labute approximate surface area is 150 Å². The third-order valence-corrected chi connectivity index (χ3v) is 4.62. The number of benzene rings is 2. The number of hydrogen-bond donors (Lipinski definition) is 0. The van der Waals surface area contributed by atoms with E-state index in [0.29, 0.717) is 5.92 Å². The summed E-state index contributed by atoms with van der Waals surface area (Å²) in [6, 6.07) is 14.9. The highest BCUT2D eigenvalue weighted by molar-refractivity contribution is 5.75. The molecule has 0 saturated heterocycles. The minimum Gasteiger partial charge on any atom is -0.493 e. The fourth-order valence-corrected chi connectivity index (χ4v) is 3.29. The number of hydrogen-bond acceptors (Lipinski definition) is 2. The smallest absolute Gasteiger partial charge is 0.123 e. The number of para-hydroxylation sites is 2. The van der Waals surface area contributed by atoms with Crippen molar-refractivity contribution in [1.29, 1.82) is 0 Å². The molecular weight excluding hydrogens is 308 g/mol. The van der Waals surface area contributed by atoms with Crippen LogP contribution in [0.3, 0.4) is 0 Å². The first-order valence-corrected chi connectivity index (χ1v) is 9.27. The van der Waals surface area contributed by atoms with Crippen LogP contribution in [-0.2, 0) is 13.0 Å². The summed E-state index contributed by atoms with van der Waals surface area (Å²) >= 11 is 0. The third-order valence-electron chi connectivity index (χ3n) is 4.62. The van der Waals surface area contributed by atoms with Crippen molar-refractivity contribution < 1.29 is 4.74 Å². The molecule has 0 aliphatic heterocycles.